The highest BCUT2D eigenvalue weighted by atomic mass is 16.3. The summed E-state index contributed by atoms with van der Waals surface area (Å²) in [6.45, 7) is 12.0. The van der Waals surface area contributed by atoms with Crippen molar-refractivity contribution in [2.45, 2.75) is 59.1 Å². The van der Waals surface area contributed by atoms with E-state index in [1.807, 2.05) is 0 Å². The molecule has 1 aromatic rings. The molecule has 1 aromatic carbocycles. The molecule has 1 unspecified atom stereocenters. The van der Waals surface area contributed by atoms with Crippen LogP contribution in [0.1, 0.15) is 42.5 Å². The monoisotopic (exact) mass is 276 g/mol. The van der Waals surface area contributed by atoms with Crippen molar-refractivity contribution in [3.05, 3.63) is 34.4 Å². The zero-order chi connectivity index (χ0) is 15.1. The minimum atomic E-state index is -0.550. The van der Waals surface area contributed by atoms with Gasteiger partial charge in [-0.15, -0.1) is 0 Å². The van der Waals surface area contributed by atoms with E-state index in [1.54, 1.807) is 4.90 Å². The minimum Gasteiger partial charge on any atom is -0.389 e. The van der Waals surface area contributed by atoms with Crippen LogP contribution in [0.3, 0.4) is 0 Å². The van der Waals surface area contributed by atoms with Gasteiger partial charge >= 0.3 is 0 Å². The van der Waals surface area contributed by atoms with Crippen molar-refractivity contribution >= 4 is 0 Å². The highest BCUT2D eigenvalue weighted by molar-refractivity contribution is 5.37. The van der Waals surface area contributed by atoms with Crippen molar-refractivity contribution in [1.29, 1.82) is 0 Å². The van der Waals surface area contributed by atoms with Gasteiger partial charge in [0.2, 0.25) is 0 Å². The maximum atomic E-state index is 11.2. The lowest BCUT2D eigenvalue weighted by Gasteiger charge is -2.43. The molecule has 2 N–H and O–H groups in total. The molecule has 0 aromatic heterocycles. The van der Waals surface area contributed by atoms with Crippen LogP contribution in [0.15, 0.2) is 12.1 Å². The van der Waals surface area contributed by atoms with E-state index in [2.05, 4.69) is 53.8 Å². The Morgan fingerprint density at radius 3 is 2.40 bits per heavy atom. The first-order valence-corrected chi connectivity index (χ1v) is 7.84. The SMILES string of the molecule is Cc1cc(C)c(C[C@]2(O)C[C@H](C)[NH+](C)C[C@@H]2C)cc1C. The second kappa shape index (κ2) is 5.50. The van der Waals surface area contributed by atoms with E-state index in [0.29, 0.717) is 12.0 Å². The van der Waals surface area contributed by atoms with Crippen LogP contribution in [0.4, 0.5) is 0 Å². The molecule has 0 aliphatic carbocycles. The third-order valence-electron chi connectivity index (χ3n) is 5.50. The van der Waals surface area contributed by atoms with Gasteiger partial charge in [0.25, 0.3) is 0 Å². The molecule has 1 fully saturated rings. The predicted octanol–water partition coefficient (Wildman–Crippen LogP) is 1.83. The van der Waals surface area contributed by atoms with Gasteiger partial charge in [0, 0.05) is 18.8 Å². The van der Waals surface area contributed by atoms with Gasteiger partial charge < -0.3 is 10.0 Å². The van der Waals surface area contributed by atoms with Crippen LogP contribution in [0, 0.1) is 26.7 Å². The molecular weight excluding hydrogens is 246 g/mol. The van der Waals surface area contributed by atoms with Crippen LogP contribution in [0.2, 0.25) is 0 Å². The average molecular weight is 276 g/mol. The van der Waals surface area contributed by atoms with Crippen LogP contribution >= 0.6 is 0 Å². The summed E-state index contributed by atoms with van der Waals surface area (Å²) in [5, 5.41) is 11.2. The summed E-state index contributed by atoms with van der Waals surface area (Å²) >= 11 is 0. The summed E-state index contributed by atoms with van der Waals surface area (Å²) in [7, 11) is 2.24. The average Bonchev–Trinajstić information content (AvgIpc) is 2.34. The van der Waals surface area contributed by atoms with Crippen molar-refractivity contribution < 1.29 is 10.0 Å². The zero-order valence-corrected chi connectivity index (χ0v) is 13.9. The molecule has 0 spiro atoms. The lowest BCUT2D eigenvalue weighted by atomic mass is 9.74. The Balaban J connectivity index is 2.26. The molecule has 2 rings (SSSR count). The Hall–Kier alpha value is -0.860. The molecule has 112 valence electrons. The van der Waals surface area contributed by atoms with E-state index in [9.17, 15) is 5.11 Å². The first-order chi connectivity index (χ1) is 9.23. The molecule has 0 saturated carbocycles. The molecule has 0 bridgehead atoms. The molecule has 20 heavy (non-hydrogen) atoms. The second-order valence-electron chi connectivity index (χ2n) is 7.20. The third-order valence-corrected chi connectivity index (χ3v) is 5.50. The van der Waals surface area contributed by atoms with Gasteiger partial charge in [0.15, 0.2) is 0 Å². The summed E-state index contributed by atoms with van der Waals surface area (Å²) in [5.41, 5.74) is 4.74. The van der Waals surface area contributed by atoms with E-state index in [0.717, 1.165) is 19.4 Å². The quantitative estimate of drug-likeness (QED) is 0.846. The Morgan fingerprint density at radius 2 is 1.75 bits per heavy atom. The zero-order valence-electron chi connectivity index (χ0n) is 13.9. The predicted molar refractivity (Wildman–Crippen MR) is 84.3 cm³/mol. The minimum absolute atomic E-state index is 0.347. The smallest absolute Gasteiger partial charge is 0.0872 e. The third kappa shape index (κ3) is 2.91. The van der Waals surface area contributed by atoms with Gasteiger partial charge in [-0.05, 0) is 49.9 Å². The molecule has 1 aliphatic rings. The van der Waals surface area contributed by atoms with Gasteiger partial charge in [-0.3, -0.25) is 0 Å². The summed E-state index contributed by atoms with van der Waals surface area (Å²) in [4.78, 5) is 1.54. The van der Waals surface area contributed by atoms with Crippen molar-refractivity contribution in [1.82, 2.24) is 0 Å². The Morgan fingerprint density at radius 1 is 1.15 bits per heavy atom. The fourth-order valence-corrected chi connectivity index (χ4v) is 3.57. The van der Waals surface area contributed by atoms with E-state index in [4.69, 9.17) is 0 Å². The van der Waals surface area contributed by atoms with Gasteiger partial charge in [-0.25, -0.2) is 0 Å². The number of likely N-dealkylation sites (tertiary alicyclic amines) is 1. The fraction of sp³-hybridized carbons (Fsp3) is 0.667. The Labute approximate surface area is 123 Å². The first-order valence-electron chi connectivity index (χ1n) is 7.84. The number of benzene rings is 1. The fourth-order valence-electron chi connectivity index (χ4n) is 3.57. The largest absolute Gasteiger partial charge is 0.389 e. The summed E-state index contributed by atoms with van der Waals surface area (Å²) in [6, 6.07) is 5.05. The topological polar surface area (TPSA) is 24.7 Å². The van der Waals surface area contributed by atoms with Crippen molar-refractivity contribution in [3.63, 3.8) is 0 Å². The van der Waals surface area contributed by atoms with Gasteiger partial charge in [0.1, 0.15) is 0 Å². The molecule has 0 amide bonds. The van der Waals surface area contributed by atoms with E-state index in [1.165, 1.54) is 22.3 Å². The van der Waals surface area contributed by atoms with Gasteiger partial charge in [-0.1, -0.05) is 19.1 Å². The lowest BCUT2D eigenvalue weighted by molar-refractivity contribution is -0.916. The number of quaternary nitrogens is 1. The summed E-state index contributed by atoms with van der Waals surface area (Å²) in [6.07, 6.45) is 1.69. The lowest BCUT2D eigenvalue weighted by Crippen LogP contribution is -3.15. The van der Waals surface area contributed by atoms with E-state index in [-0.39, 0.29) is 0 Å². The molecule has 1 heterocycles. The number of hydrogen-bond acceptors (Lipinski definition) is 1. The van der Waals surface area contributed by atoms with Crippen LogP contribution in [-0.4, -0.2) is 30.3 Å². The van der Waals surface area contributed by atoms with Crippen molar-refractivity contribution in [2.75, 3.05) is 13.6 Å². The first kappa shape index (κ1) is 15.5. The van der Waals surface area contributed by atoms with Crippen LogP contribution in [0.5, 0.6) is 0 Å². The van der Waals surface area contributed by atoms with Gasteiger partial charge in [-0.2, -0.15) is 0 Å². The highest BCUT2D eigenvalue weighted by Crippen LogP contribution is 2.30. The maximum absolute atomic E-state index is 11.2. The molecule has 1 aliphatic heterocycles. The second-order valence-corrected chi connectivity index (χ2v) is 7.20. The molecule has 4 atom stereocenters. The number of aryl methyl sites for hydroxylation is 3. The van der Waals surface area contributed by atoms with E-state index < -0.39 is 5.60 Å². The number of rotatable bonds is 2. The number of hydrogen-bond donors (Lipinski definition) is 2. The van der Waals surface area contributed by atoms with Crippen molar-refractivity contribution in [2.24, 2.45) is 5.92 Å². The molecule has 2 heteroatoms. The number of aliphatic hydroxyl groups is 1. The van der Waals surface area contributed by atoms with Crippen LogP contribution in [-0.2, 0) is 6.42 Å². The maximum Gasteiger partial charge on any atom is 0.0872 e. The molecule has 0 radical (unpaired) electrons. The van der Waals surface area contributed by atoms with Gasteiger partial charge in [0.05, 0.1) is 25.2 Å². The van der Waals surface area contributed by atoms with E-state index >= 15 is 0 Å². The number of nitrogens with one attached hydrogen (secondary N) is 1. The van der Waals surface area contributed by atoms with Crippen LogP contribution < -0.4 is 4.90 Å². The summed E-state index contributed by atoms with van der Waals surface area (Å²) in [5.74, 6) is 0.347. The Bertz CT molecular complexity index is 496. The normalized spacial score (nSPS) is 34.2. The van der Waals surface area contributed by atoms with Crippen LogP contribution in [0.25, 0.3) is 0 Å². The standard InChI is InChI=1S/C18H29NO/c1-12-7-14(3)17(8-13(12)2)10-18(20)9-16(5)19(6)11-15(18)4/h7-8,15-16,20H,9-11H2,1-6H3/p+1/t15-,16-,18+/m0/s1. The molecular formula is C18H30NO+. The Kier molecular flexibility index (Phi) is 4.27. The number of piperidine rings is 1. The molecule has 2 nitrogen and oxygen atoms in total. The van der Waals surface area contributed by atoms with Crippen molar-refractivity contribution in [3.8, 4) is 0 Å². The summed E-state index contributed by atoms with van der Waals surface area (Å²) < 4.78 is 0. The molecule has 1 saturated heterocycles. The highest BCUT2D eigenvalue weighted by Gasteiger charge is 2.43.